The molecule has 82 heavy (non-hydrogen) atoms. The predicted molar refractivity (Wildman–Crippen MR) is 308 cm³/mol. The summed E-state index contributed by atoms with van der Waals surface area (Å²) in [4.78, 5) is 130. The summed E-state index contributed by atoms with van der Waals surface area (Å²) in [7, 11) is 5.52. The molecule has 0 bridgehead atoms. The van der Waals surface area contributed by atoms with Crippen LogP contribution in [0.1, 0.15) is 117 Å². The van der Waals surface area contributed by atoms with E-state index in [4.69, 9.17) is 42.1 Å². The molecular formula is C60H82Cl2N8O12. The third kappa shape index (κ3) is 18.1. The van der Waals surface area contributed by atoms with E-state index in [1.165, 1.54) is 42.0 Å². The first-order valence-electron chi connectivity index (χ1n) is 27.9. The van der Waals surface area contributed by atoms with E-state index in [1.54, 1.807) is 58.2 Å². The van der Waals surface area contributed by atoms with E-state index < -0.39 is 96.1 Å². The number of carbonyl (C=O) groups is 8. The molecule has 2 aromatic carbocycles. The Morgan fingerprint density at radius 3 is 0.927 bits per heavy atom. The van der Waals surface area contributed by atoms with Crippen LogP contribution in [-0.2, 0) is 83.2 Å². The van der Waals surface area contributed by atoms with Crippen LogP contribution in [0, 0.1) is 23.7 Å². The van der Waals surface area contributed by atoms with Crippen LogP contribution in [0.3, 0.4) is 0 Å². The van der Waals surface area contributed by atoms with Gasteiger partial charge in [-0.2, -0.15) is 0 Å². The number of nitrogens with zero attached hydrogens (tertiary/aromatic N) is 8. The van der Waals surface area contributed by atoms with Crippen molar-refractivity contribution in [3.8, 4) is 0 Å². The van der Waals surface area contributed by atoms with Crippen LogP contribution in [0.15, 0.2) is 73.3 Å². The molecule has 4 aromatic rings. The minimum absolute atomic E-state index is 0.0691. The Morgan fingerprint density at radius 2 is 0.671 bits per heavy atom. The number of rotatable bonds is 16. The van der Waals surface area contributed by atoms with E-state index >= 15 is 0 Å². The molecule has 5 rings (SSSR count). The fraction of sp³-hybridized carbons (Fsp3) is 0.567. The number of benzene rings is 2. The lowest BCUT2D eigenvalue weighted by molar-refractivity contribution is -0.176. The van der Waals surface area contributed by atoms with Crippen LogP contribution >= 0.6 is 23.2 Å². The number of aromatic nitrogens is 4. The highest BCUT2D eigenvalue weighted by Gasteiger charge is 2.43. The Morgan fingerprint density at radius 1 is 0.415 bits per heavy atom. The lowest BCUT2D eigenvalue weighted by atomic mass is 9.99. The second-order valence-electron chi connectivity index (χ2n) is 23.1. The van der Waals surface area contributed by atoms with Crippen molar-refractivity contribution in [2.24, 2.45) is 23.7 Å². The van der Waals surface area contributed by atoms with Gasteiger partial charge in [0.05, 0.1) is 0 Å². The van der Waals surface area contributed by atoms with E-state index in [2.05, 4.69) is 9.97 Å². The minimum Gasteiger partial charge on any atom is -0.451 e. The summed E-state index contributed by atoms with van der Waals surface area (Å²) in [5.74, 6) is -7.60. The number of ether oxygens (including phenoxy) is 4. The molecule has 0 saturated carbocycles. The predicted octanol–water partition coefficient (Wildman–Crippen LogP) is 7.46. The van der Waals surface area contributed by atoms with Crippen molar-refractivity contribution in [2.45, 2.75) is 169 Å². The quantitative estimate of drug-likeness (QED) is 0.0785. The number of imidazole rings is 2. The molecule has 0 N–H and O–H groups in total. The van der Waals surface area contributed by atoms with Crippen LogP contribution < -0.4 is 0 Å². The summed E-state index contributed by atoms with van der Waals surface area (Å²) in [5.41, 5.74) is 2.89. The van der Waals surface area contributed by atoms with Crippen molar-refractivity contribution in [2.75, 3.05) is 28.2 Å². The monoisotopic (exact) mass is 1180 g/mol. The van der Waals surface area contributed by atoms with E-state index in [1.807, 2.05) is 79.7 Å². The van der Waals surface area contributed by atoms with E-state index in [9.17, 15) is 38.4 Å². The molecule has 20 nitrogen and oxygen atoms in total. The van der Waals surface area contributed by atoms with Gasteiger partial charge in [0, 0.05) is 78.9 Å². The Labute approximate surface area is 492 Å². The molecule has 0 aliphatic carbocycles. The summed E-state index contributed by atoms with van der Waals surface area (Å²) >= 11 is 12.5. The lowest BCUT2D eigenvalue weighted by Crippen LogP contribution is -2.55. The molecule has 1 saturated heterocycles. The standard InChI is InChI=1S/C60H82Cl2N8O12/c1-35(2)27-45-55(75)79-39(9)51(71)65(11)48(30-38(7)8)58(78)82-50(32-42-17-21-44(22-18-42)34-70-26-24-64-60(70)62)54(74)68(14)46(28-36(3)4)56(76)80-40(10)52(72)66(12)47(29-37(5)6)57(77)81-49(53(73)67(45)13)31-41-15-19-43(20-16-41)33-69-25-23-63-59(69)61/h15-26,35-40,45-50H,27-34H2,1-14H3/t39-,40-,45+,46+,47+,48+,49-,50-/m1/s1. The average molecular weight is 1180 g/mol. The maximum atomic E-state index is 15.0. The molecule has 448 valence electrons. The first kappa shape index (κ1) is 66.0. The molecule has 1 fully saturated rings. The normalized spacial score (nSPS) is 23.0. The Kier molecular flexibility index (Phi) is 24.1. The molecule has 3 heterocycles. The maximum absolute atomic E-state index is 15.0. The number of hydrogen-bond acceptors (Lipinski definition) is 14. The highest BCUT2D eigenvalue weighted by Crippen LogP contribution is 2.25. The van der Waals surface area contributed by atoms with Crippen LogP contribution in [0.25, 0.3) is 0 Å². The molecule has 2 aromatic heterocycles. The third-order valence-corrected chi connectivity index (χ3v) is 15.0. The van der Waals surface area contributed by atoms with Crippen molar-refractivity contribution < 1.29 is 57.3 Å². The Hall–Kier alpha value is -6.80. The van der Waals surface area contributed by atoms with Gasteiger partial charge in [-0.1, -0.05) is 104 Å². The highest BCUT2D eigenvalue weighted by molar-refractivity contribution is 6.28. The molecule has 22 heteroatoms. The summed E-state index contributed by atoms with van der Waals surface area (Å²) in [6.45, 7) is 18.2. The number of hydrogen-bond donors (Lipinski definition) is 0. The van der Waals surface area contributed by atoms with Crippen molar-refractivity contribution in [3.63, 3.8) is 0 Å². The summed E-state index contributed by atoms with van der Waals surface area (Å²) in [6, 6.07) is 9.22. The molecule has 1 aliphatic heterocycles. The Bertz CT molecular complexity index is 2630. The second-order valence-corrected chi connectivity index (χ2v) is 23.8. The molecule has 4 amide bonds. The van der Waals surface area contributed by atoms with Crippen LogP contribution in [0.4, 0.5) is 0 Å². The van der Waals surface area contributed by atoms with E-state index in [0.29, 0.717) is 34.8 Å². The lowest BCUT2D eigenvalue weighted by Gasteiger charge is -2.35. The number of amides is 4. The minimum atomic E-state index is -1.55. The van der Waals surface area contributed by atoms with E-state index in [0.717, 1.165) is 30.7 Å². The zero-order valence-corrected chi connectivity index (χ0v) is 51.3. The highest BCUT2D eigenvalue weighted by atomic mass is 35.5. The summed E-state index contributed by atoms with van der Waals surface area (Å²) in [5, 5.41) is 0.600. The first-order valence-corrected chi connectivity index (χ1v) is 28.7. The van der Waals surface area contributed by atoms with Gasteiger partial charge in [0.2, 0.25) is 10.6 Å². The smallest absolute Gasteiger partial charge is 0.329 e. The van der Waals surface area contributed by atoms with Crippen molar-refractivity contribution in [3.05, 3.63) is 106 Å². The fourth-order valence-corrected chi connectivity index (χ4v) is 10.1. The number of esters is 4. The molecule has 8 atom stereocenters. The zero-order chi connectivity index (χ0) is 60.9. The molecule has 1 aliphatic rings. The van der Waals surface area contributed by atoms with Gasteiger partial charge >= 0.3 is 23.9 Å². The fourth-order valence-electron chi connectivity index (χ4n) is 9.72. The number of likely N-dealkylation sites (N-methyl/N-ethyl adjacent to an activating group) is 4. The summed E-state index contributed by atoms with van der Waals surface area (Å²) < 4.78 is 27.7. The SMILES string of the molecule is CC(C)C[C@H]1C(=O)O[C@H](Cc2ccc(Cn3ccnc3Cl)cc2)C(=O)N(C)[C@@H](CC(C)C)C(=O)O[C@H](C)C(=O)N(C)[C@@H](CC(C)C)C(=O)O[C@H](Cc2ccc(Cn3ccnc3Cl)cc2)C(=O)N(C)[C@@H](CC(C)C)C(=O)O[C@H](C)C(=O)N1C. The molecule has 0 unspecified atom stereocenters. The molecular weight excluding hydrogens is 1100 g/mol. The average Bonchev–Trinajstić information content (AvgIpc) is 4.03. The van der Waals surface area contributed by atoms with Crippen LogP contribution in [0.5, 0.6) is 0 Å². The zero-order valence-electron chi connectivity index (χ0n) is 49.7. The van der Waals surface area contributed by atoms with Crippen molar-refractivity contribution in [1.29, 1.82) is 0 Å². The second kappa shape index (κ2) is 30.0. The maximum Gasteiger partial charge on any atom is 0.329 e. The van der Waals surface area contributed by atoms with Gasteiger partial charge in [-0.25, -0.2) is 29.1 Å². The number of carbonyl (C=O) groups excluding carboxylic acids is 8. The first-order chi connectivity index (χ1) is 38.6. The van der Waals surface area contributed by atoms with Crippen molar-refractivity contribution in [1.82, 2.24) is 38.7 Å². The van der Waals surface area contributed by atoms with Gasteiger partial charge in [-0.15, -0.1) is 0 Å². The third-order valence-electron chi connectivity index (χ3n) is 14.4. The molecule has 0 radical (unpaired) electrons. The number of halogens is 2. The topological polar surface area (TPSA) is 222 Å². The van der Waals surface area contributed by atoms with Gasteiger partial charge in [-0.3, -0.25) is 19.2 Å². The number of cyclic esters (lactones) is 4. The largest absolute Gasteiger partial charge is 0.451 e. The summed E-state index contributed by atoms with van der Waals surface area (Å²) in [6.07, 6.45) is 0.488. The van der Waals surface area contributed by atoms with Gasteiger partial charge in [-0.05, 0) is 109 Å². The van der Waals surface area contributed by atoms with Gasteiger partial charge in [0.1, 0.15) is 24.2 Å². The van der Waals surface area contributed by atoms with Crippen molar-refractivity contribution >= 4 is 70.7 Å². The van der Waals surface area contributed by atoms with Crippen LogP contribution in [0.2, 0.25) is 10.6 Å². The van der Waals surface area contributed by atoms with Crippen LogP contribution in [-0.4, -0.2) is 163 Å². The molecule has 0 spiro atoms. The van der Waals surface area contributed by atoms with Gasteiger partial charge in [0.25, 0.3) is 23.6 Å². The van der Waals surface area contributed by atoms with Gasteiger partial charge < -0.3 is 47.7 Å². The Balaban J connectivity index is 1.59. The van der Waals surface area contributed by atoms with Gasteiger partial charge in [0.15, 0.2) is 24.4 Å². The van der Waals surface area contributed by atoms with E-state index in [-0.39, 0.29) is 62.2 Å².